The molecular formula is C22H24FNO3S. The number of ether oxygens (including phenoxy) is 1. The Balaban J connectivity index is 1.43. The minimum Gasteiger partial charge on any atom is -0.497 e. The Kier molecular flexibility index (Phi) is 7.09. The Morgan fingerprint density at radius 3 is 2.32 bits per heavy atom. The first-order valence-electron chi connectivity index (χ1n) is 9.41. The summed E-state index contributed by atoms with van der Waals surface area (Å²) in [6.07, 6.45) is 1.84. The maximum Gasteiger partial charge on any atom is 0.223 e. The van der Waals surface area contributed by atoms with E-state index < -0.39 is 0 Å². The van der Waals surface area contributed by atoms with Crippen LogP contribution in [0, 0.1) is 11.7 Å². The van der Waals surface area contributed by atoms with Crippen molar-refractivity contribution in [2.75, 3.05) is 26.0 Å². The van der Waals surface area contributed by atoms with Crippen molar-refractivity contribution in [3.05, 3.63) is 59.9 Å². The molecule has 3 rings (SSSR count). The zero-order valence-electron chi connectivity index (χ0n) is 15.9. The van der Waals surface area contributed by atoms with Gasteiger partial charge in [-0.15, -0.1) is 11.8 Å². The average Bonchev–Trinajstić information content (AvgIpc) is 2.74. The van der Waals surface area contributed by atoms with Crippen LogP contribution in [0.5, 0.6) is 5.75 Å². The molecule has 148 valence electrons. The number of methoxy groups -OCH3 is 1. The highest BCUT2D eigenvalue weighted by Crippen LogP contribution is 2.24. The standard InChI is InChI=1S/C22H24FNO3S/c1-27-19-6-2-16(3-7-19)22(26)17-10-13-24(14-11-17)21(25)12-15-28-20-8-4-18(23)5-9-20/h2-9,17H,10-15H2,1H3. The molecule has 0 atom stereocenters. The molecule has 0 radical (unpaired) electrons. The van der Waals surface area contributed by atoms with Crippen LogP contribution in [0.25, 0.3) is 0 Å². The molecule has 2 aromatic carbocycles. The number of thioether (sulfide) groups is 1. The van der Waals surface area contributed by atoms with E-state index in [1.807, 2.05) is 4.90 Å². The first kappa shape index (κ1) is 20.4. The number of amides is 1. The van der Waals surface area contributed by atoms with Crippen LogP contribution in [0.2, 0.25) is 0 Å². The number of likely N-dealkylation sites (tertiary alicyclic amines) is 1. The second kappa shape index (κ2) is 9.73. The van der Waals surface area contributed by atoms with Gasteiger partial charge in [0.05, 0.1) is 7.11 Å². The van der Waals surface area contributed by atoms with Crippen LogP contribution in [0.3, 0.4) is 0 Å². The average molecular weight is 402 g/mol. The van der Waals surface area contributed by atoms with Gasteiger partial charge in [0.1, 0.15) is 11.6 Å². The largest absolute Gasteiger partial charge is 0.497 e. The number of hydrogen-bond donors (Lipinski definition) is 0. The number of hydrogen-bond acceptors (Lipinski definition) is 4. The quantitative estimate of drug-likeness (QED) is 0.508. The van der Waals surface area contributed by atoms with Crippen LogP contribution in [-0.4, -0.2) is 42.5 Å². The van der Waals surface area contributed by atoms with Crippen LogP contribution < -0.4 is 4.74 Å². The molecule has 0 unspecified atom stereocenters. The highest BCUT2D eigenvalue weighted by Gasteiger charge is 2.27. The summed E-state index contributed by atoms with van der Waals surface area (Å²) in [7, 11) is 1.60. The molecule has 1 heterocycles. The van der Waals surface area contributed by atoms with E-state index in [1.165, 1.54) is 12.1 Å². The molecule has 0 saturated carbocycles. The lowest BCUT2D eigenvalue weighted by Gasteiger charge is -2.31. The SMILES string of the molecule is COc1ccc(C(=O)C2CCN(C(=O)CCSc3ccc(F)cc3)CC2)cc1. The van der Waals surface area contributed by atoms with Gasteiger partial charge in [0.15, 0.2) is 5.78 Å². The van der Waals surface area contributed by atoms with Gasteiger partial charge in [-0.25, -0.2) is 4.39 Å². The van der Waals surface area contributed by atoms with E-state index in [9.17, 15) is 14.0 Å². The van der Waals surface area contributed by atoms with E-state index in [4.69, 9.17) is 4.74 Å². The van der Waals surface area contributed by atoms with Crippen LogP contribution in [0.15, 0.2) is 53.4 Å². The minimum absolute atomic E-state index is 0.0361. The highest BCUT2D eigenvalue weighted by atomic mass is 32.2. The third-order valence-electron chi connectivity index (χ3n) is 4.99. The molecule has 0 aromatic heterocycles. The topological polar surface area (TPSA) is 46.6 Å². The van der Waals surface area contributed by atoms with Gasteiger partial charge >= 0.3 is 0 Å². The van der Waals surface area contributed by atoms with Gasteiger partial charge in [0.2, 0.25) is 5.91 Å². The monoisotopic (exact) mass is 401 g/mol. The van der Waals surface area contributed by atoms with Gasteiger partial charge in [0.25, 0.3) is 0 Å². The predicted molar refractivity (Wildman–Crippen MR) is 108 cm³/mol. The molecule has 0 N–H and O–H groups in total. The molecule has 1 fully saturated rings. The van der Waals surface area contributed by atoms with Crippen LogP contribution in [0.1, 0.15) is 29.6 Å². The molecule has 4 nitrogen and oxygen atoms in total. The second-order valence-corrected chi connectivity index (χ2v) is 7.97. The van der Waals surface area contributed by atoms with Crippen LogP contribution in [-0.2, 0) is 4.79 Å². The summed E-state index contributed by atoms with van der Waals surface area (Å²) < 4.78 is 18.0. The summed E-state index contributed by atoms with van der Waals surface area (Å²) in [5, 5.41) is 0. The molecule has 2 aromatic rings. The summed E-state index contributed by atoms with van der Waals surface area (Å²) in [5.74, 6) is 1.36. The third-order valence-corrected chi connectivity index (χ3v) is 6.01. The van der Waals surface area contributed by atoms with Gasteiger partial charge in [-0.1, -0.05) is 0 Å². The van der Waals surface area contributed by atoms with Gasteiger partial charge < -0.3 is 9.64 Å². The van der Waals surface area contributed by atoms with E-state index in [1.54, 1.807) is 55.3 Å². The molecule has 1 aliphatic rings. The number of Topliss-reactive ketones (excluding diaryl/α,β-unsaturated/α-hetero) is 1. The van der Waals surface area contributed by atoms with Crippen molar-refractivity contribution in [1.29, 1.82) is 0 Å². The summed E-state index contributed by atoms with van der Waals surface area (Å²) >= 11 is 1.55. The third kappa shape index (κ3) is 5.35. The summed E-state index contributed by atoms with van der Waals surface area (Å²) in [5.41, 5.74) is 0.696. The Morgan fingerprint density at radius 2 is 1.71 bits per heavy atom. The van der Waals surface area contributed by atoms with E-state index in [0.29, 0.717) is 43.7 Å². The first-order valence-corrected chi connectivity index (χ1v) is 10.4. The molecular weight excluding hydrogens is 377 g/mol. The van der Waals surface area contributed by atoms with Gasteiger partial charge in [-0.3, -0.25) is 9.59 Å². The lowest BCUT2D eigenvalue weighted by molar-refractivity contribution is -0.131. The smallest absolute Gasteiger partial charge is 0.223 e. The number of carbonyl (C=O) groups is 2. The maximum absolute atomic E-state index is 12.9. The number of rotatable bonds is 7. The number of ketones is 1. The predicted octanol–water partition coefficient (Wildman–Crippen LogP) is 4.44. The van der Waals surface area contributed by atoms with Gasteiger partial charge in [-0.2, -0.15) is 0 Å². The fourth-order valence-electron chi connectivity index (χ4n) is 3.33. The first-order chi connectivity index (χ1) is 13.6. The Labute approximate surface area is 169 Å². The summed E-state index contributed by atoms with van der Waals surface area (Å²) in [6, 6.07) is 13.5. The lowest BCUT2D eigenvalue weighted by atomic mass is 9.89. The zero-order chi connectivity index (χ0) is 19.9. The maximum atomic E-state index is 12.9. The van der Waals surface area contributed by atoms with Gasteiger partial charge in [-0.05, 0) is 61.4 Å². The van der Waals surface area contributed by atoms with Crippen molar-refractivity contribution < 1.29 is 18.7 Å². The summed E-state index contributed by atoms with van der Waals surface area (Å²) in [4.78, 5) is 27.9. The van der Waals surface area contributed by atoms with E-state index >= 15 is 0 Å². The van der Waals surface area contributed by atoms with Crippen LogP contribution in [0.4, 0.5) is 4.39 Å². The Hall–Kier alpha value is -2.34. The minimum atomic E-state index is -0.257. The van der Waals surface area contributed by atoms with Crippen molar-refractivity contribution >= 4 is 23.5 Å². The van der Waals surface area contributed by atoms with E-state index in [2.05, 4.69) is 0 Å². The molecule has 1 aliphatic heterocycles. The Morgan fingerprint density at radius 1 is 1.07 bits per heavy atom. The van der Waals surface area contributed by atoms with E-state index in [-0.39, 0.29) is 23.4 Å². The van der Waals surface area contributed by atoms with Crippen molar-refractivity contribution in [3.8, 4) is 5.75 Å². The molecule has 1 saturated heterocycles. The Bertz CT molecular complexity index is 800. The number of benzene rings is 2. The fraction of sp³-hybridized carbons (Fsp3) is 0.364. The molecule has 6 heteroatoms. The number of halogens is 1. The normalized spacial score (nSPS) is 14.7. The molecule has 0 spiro atoms. The summed E-state index contributed by atoms with van der Waals surface area (Å²) in [6.45, 7) is 1.24. The second-order valence-electron chi connectivity index (χ2n) is 6.80. The zero-order valence-corrected chi connectivity index (χ0v) is 16.7. The van der Waals surface area contributed by atoms with Crippen molar-refractivity contribution in [2.24, 2.45) is 5.92 Å². The van der Waals surface area contributed by atoms with Crippen LogP contribution >= 0.6 is 11.8 Å². The van der Waals surface area contributed by atoms with E-state index in [0.717, 1.165) is 10.6 Å². The number of piperidine rings is 1. The molecule has 28 heavy (non-hydrogen) atoms. The lowest BCUT2D eigenvalue weighted by Crippen LogP contribution is -2.40. The molecule has 1 amide bonds. The molecule has 0 bridgehead atoms. The van der Waals surface area contributed by atoms with Crippen molar-refractivity contribution in [2.45, 2.75) is 24.2 Å². The molecule has 0 aliphatic carbocycles. The fourth-order valence-corrected chi connectivity index (χ4v) is 4.17. The number of nitrogens with zero attached hydrogens (tertiary/aromatic N) is 1. The van der Waals surface area contributed by atoms with Gasteiger partial charge in [0, 0.05) is 41.6 Å². The highest BCUT2D eigenvalue weighted by molar-refractivity contribution is 7.99. The van der Waals surface area contributed by atoms with Crippen molar-refractivity contribution in [1.82, 2.24) is 4.90 Å². The van der Waals surface area contributed by atoms with Crippen molar-refractivity contribution in [3.63, 3.8) is 0 Å². The number of carbonyl (C=O) groups excluding carboxylic acids is 2.